The molecule has 0 aromatic heterocycles. The van der Waals surface area contributed by atoms with E-state index < -0.39 is 50.1 Å². The third-order valence-electron chi connectivity index (χ3n) is 8.07. The minimum absolute atomic E-state index is 0.0403. The van der Waals surface area contributed by atoms with E-state index in [1.54, 1.807) is 6.08 Å². The van der Waals surface area contributed by atoms with E-state index in [4.69, 9.17) is 13.9 Å². The molecule has 4 unspecified atom stereocenters. The van der Waals surface area contributed by atoms with Crippen LogP contribution in [0.1, 0.15) is 41.0 Å². The van der Waals surface area contributed by atoms with E-state index >= 15 is 0 Å². The SMILES string of the molecule is C=C(C)C(=O)OC1CC(C)(O)C(O)C#C/C(CO[Si](c2ccccc2)(c2ccccc2)C(C)(C)C)=C\[C@@H]2OC(=O)C(=C)C12. The van der Waals surface area contributed by atoms with E-state index in [9.17, 15) is 19.8 Å². The third kappa shape index (κ3) is 6.61. The smallest absolute Gasteiger partial charge is 0.334 e. The highest BCUT2D eigenvalue weighted by molar-refractivity contribution is 6.99. The van der Waals surface area contributed by atoms with Gasteiger partial charge in [0.2, 0.25) is 0 Å². The van der Waals surface area contributed by atoms with Gasteiger partial charge in [-0.05, 0) is 35.3 Å². The highest BCUT2D eigenvalue weighted by Gasteiger charge is 2.51. The largest absolute Gasteiger partial charge is 0.458 e. The molecule has 0 amide bonds. The molecule has 4 rings (SSSR count). The molecule has 2 aromatic rings. The van der Waals surface area contributed by atoms with Gasteiger partial charge < -0.3 is 24.1 Å². The minimum Gasteiger partial charge on any atom is -0.458 e. The van der Waals surface area contributed by atoms with Gasteiger partial charge in [0.1, 0.15) is 23.9 Å². The Bertz CT molecular complexity index is 1440. The van der Waals surface area contributed by atoms with Gasteiger partial charge in [-0.2, -0.15) is 0 Å². The van der Waals surface area contributed by atoms with Crippen LogP contribution in [0.25, 0.3) is 0 Å². The first-order valence-corrected chi connectivity index (χ1v) is 16.2. The lowest BCUT2D eigenvalue weighted by Crippen LogP contribution is -2.66. The van der Waals surface area contributed by atoms with Crippen molar-refractivity contribution >= 4 is 30.6 Å². The van der Waals surface area contributed by atoms with E-state index in [2.05, 4.69) is 70.0 Å². The molecule has 0 bridgehead atoms. The van der Waals surface area contributed by atoms with Crippen LogP contribution in [0.15, 0.2) is 96.6 Å². The normalized spacial score (nSPS) is 27.1. The summed E-state index contributed by atoms with van der Waals surface area (Å²) in [4.78, 5) is 25.4. The van der Waals surface area contributed by atoms with Gasteiger partial charge in [-0.1, -0.05) is 106 Å². The first-order valence-electron chi connectivity index (χ1n) is 14.3. The summed E-state index contributed by atoms with van der Waals surface area (Å²) in [5, 5.41) is 24.0. The number of benzene rings is 2. The minimum atomic E-state index is -2.96. The van der Waals surface area contributed by atoms with E-state index in [-0.39, 0.29) is 29.2 Å². The molecule has 1 aliphatic heterocycles. The van der Waals surface area contributed by atoms with Gasteiger partial charge in [0, 0.05) is 23.1 Å². The summed E-state index contributed by atoms with van der Waals surface area (Å²) in [7, 11) is -2.96. The van der Waals surface area contributed by atoms with Crippen LogP contribution in [0.3, 0.4) is 0 Å². The van der Waals surface area contributed by atoms with E-state index in [1.807, 2.05) is 36.4 Å². The number of aliphatic hydroxyl groups excluding tert-OH is 1. The van der Waals surface area contributed by atoms with E-state index in [0.29, 0.717) is 5.57 Å². The zero-order valence-corrected chi connectivity index (χ0v) is 26.4. The van der Waals surface area contributed by atoms with Crippen LogP contribution in [-0.4, -0.2) is 61.0 Å². The average molecular weight is 601 g/mol. The topological polar surface area (TPSA) is 102 Å². The molecule has 0 radical (unpaired) electrons. The van der Waals surface area contributed by atoms with Crippen LogP contribution < -0.4 is 10.4 Å². The van der Waals surface area contributed by atoms with Crippen LogP contribution >= 0.6 is 0 Å². The molecule has 43 heavy (non-hydrogen) atoms. The Morgan fingerprint density at radius 2 is 1.67 bits per heavy atom. The van der Waals surface area contributed by atoms with Crippen molar-refractivity contribution in [3.05, 3.63) is 96.6 Å². The molecule has 1 aliphatic carbocycles. The lowest BCUT2D eigenvalue weighted by molar-refractivity contribution is -0.153. The van der Waals surface area contributed by atoms with Crippen molar-refractivity contribution in [1.29, 1.82) is 0 Å². The number of ether oxygens (including phenoxy) is 2. The number of carbonyl (C=O) groups excluding carboxylic acids is 2. The molecular formula is C35H40O7Si. The highest BCUT2D eigenvalue weighted by atomic mass is 28.4. The first kappa shape index (κ1) is 32.2. The molecule has 5 atom stereocenters. The van der Waals surface area contributed by atoms with Gasteiger partial charge in [0.05, 0.1) is 12.5 Å². The molecule has 0 saturated carbocycles. The summed E-state index contributed by atoms with van der Waals surface area (Å²) >= 11 is 0. The second kappa shape index (κ2) is 12.5. The summed E-state index contributed by atoms with van der Waals surface area (Å²) in [6.45, 7) is 17.0. The second-order valence-corrected chi connectivity index (χ2v) is 16.8. The van der Waals surface area contributed by atoms with Gasteiger partial charge in [-0.3, -0.25) is 0 Å². The fraction of sp³-hybridized carbons (Fsp3) is 0.371. The Kier molecular flexibility index (Phi) is 9.33. The quantitative estimate of drug-likeness (QED) is 0.217. The van der Waals surface area contributed by atoms with Gasteiger partial charge in [0.25, 0.3) is 8.32 Å². The molecule has 0 spiro atoms. The van der Waals surface area contributed by atoms with Crippen LogP contribution in [0.2, 0.25) is 5.04 Å². The predicted molar refractivity (Wildman–Crippen MR) is 168 cm³/mol. The molecule has 2 aliphatic rings. The van der Waals surface area contributed by atoms with Crippen molar-refractivity contribution in [2.24, 2.45) is 5.92 Å². The number of hydrogen-bond donors (Lipinski definition) is 2. The predicted octanol–water partition coefficient (Wildman–Crippen LogP) is 3.59. The van der Waals surface area contributed by atoms with Crippen molar-refractivity contribution in [2.45, 2.75) is 70.0 Å². The maximum atomic E-state index is 12.8. The molecule has 1 saturated heterocycles. The lowest BCUT2D eigenvalue weighted by atomic mass is 9.81. The highest BCUT2D eigenvalue weighted by Crippen LogP contribution is 2.39. The number of rotatable bonds is 7. The van der Waals surface area contributed by atoms with Gasteiger partial charge in [-0.25, -0.2) is 9.59 Å². The molecule has 8 heteroatoms. The molecular weight excluding hydrogens is 560 g/mol. The molecule has 7 nitrogen and oxygen atoms in total. The van der Waals surface area contributed by atoms with Crippen molar-refractivity contribution in [3.63, 3.8) is 0 Å². The summed E-state index contributed by atoms with van der Waals surface area (Å²) in [5.41, 5.74) is -1.08. The Morgan fingerprint density at radius 3 is 2.19 bits per heavy atom. The molecule has 2 aromatic carbocycles. The van der Waals surface area contributed by atoms with Crippen LogP contribution in [-0.2, 0) is 23.5 Å². The third-order valence-corrected chi connectivity index (χ3v) is 13.1. The fourth-order valence-corrected chi connectivity index (χ4v) is 10.3. The van der Waals surface area contributed by atoms with E-state index in [1.165, 1.54) is 13.8 Å². The van der Waals surface area contributed by atoms with Crippen LogP contribution in [0, 0.1) is 17.8 Å². The van der Waals surface area contributed by atoms with Gasteiger partial charge in [0.15, 0.2) is 0 Å². The van der Waals surface area contributed by atoms with Gasteiger partial charge in [-0.15, -0.1) is 0 Å². The second-order valence-electron chi connectivity index (χ2n) is 12.5. The average Bonchev–Trinajstić information content (AvgIpc) is 3.23. The zero-order chi connectivity index (χ0) is 31.6. The van der Waals surface area contributed by atoms with Crippen molar-refractivity contribution < 1.29 is 33.7 Å². The standard InChI is InChI=1S/C35H40O7Si/c1-23(2)32(37)42-29-21-35(7,39)30(36)19-18-25(20-28-31(29)24(3)33(38)41-28)22-40-43(34(4,5)6,26-14-10-8-11-15-26)27-16-12-9-13-17-27/h8-17,20,28-31,36,39H,1,3,21-22H2,2,4-7H3/b25-20+/t28-,29?,30?,31?,35?/m0/s1. The van der Waals surface area contributed by atoms with E-state index in [0.717, 1.165) is 10.4 Å². The molecule has 1 heterocycles. The summed E-state index contributed by atoms with van der Waals surface area (Å²) in [5.74, 6) is 3.59. The fourth-order valence-electron chi connectivity index (χ4n) is 5.77. The Labute approximate surface area is 255 Å². The first-order chi connectivity index (χ1) is 20.2. The number of esters is 2. The number of carbonyl (C=O) groups is 2. The Morgan fingerprint density at radius 1 is 1.12 bits per heavy atom. The summed E-state index contributed by atoms with van der Waals surface area (Å²) in [6.07, 6.45) is -1.95. The van der Waals surface area contributed by atoms with Crippen LogP contribution in [0.5, 0.6) is 0 Å². The zero-order valence-electron chi connectivity index (χ0n) is 25.4. The monoisotopic (exact) mass is 600 g/mol. The van der Waals surface area contributed by atoms with Crippen molar-refractivity contribution in [3.8, 4) is 11.8 Å². The van der Waals surface area contributed by atoms with Crippen molar-refractivity contribution in [2.75, 3.05) is 6.61 Å². The number of aliphatic hydroxyl groups is 2. The Balaban J connectivity index is 1.82. The van der Waals surface area contributed by atoms with Gasteiger partial charge >= 0.3 is 11.9 Å². The maximum Gasteiger partial charge on any atom is 0.334 e. The molecule has 1 fully saturated rings. The van der Waals surface area contributed by atoms with Crippen molar-refractivity contribution in [1.82, 2.24) is 0 Å². The summed E-state index contributed by atoms with van der Waals surface area (Å²) < 4.78 is 18.4. The number of fused-ring (bicyclic) bond motifs is 1. The van der Waals surface area contributed by atoms with Crippen LogP contribution in [0.4, 0.5) is 0 Å². The maximum absolute atomic E-state index is 12.8. The Hall–Kier alpha value is -3.74. The summed E-state index contributed by atoms with van der Waals surface area (Å²) in [6, 6.07) is 20.3. The lowest BCUT2D eigenvalue weighted by Gasteiger charge is -2.43. The molecule has 2 N–H and O–H groups in total. The number of hydrogen-bond acceptors (Lipinski definition) is 7. The molecule has 226 valence electrons.